The molecule has 0 amide bonds. The smallest absolute Gasteiger partial charge is 0.338 e. The molecule has 0 radical (unpaired) electrons. The molecule has 0 aliphatic heterocycles. The highest BCUT2D eigenvalue weighted by Crippen LogP contribution is 2.28. The number of benzene rings is 2. The number of esters is 1. The van der Waals surface area contributed by atoms with E-state index in [-0.39, 0.29) is 28.0 Å². The lowest BCUT2D eigenvalue weighted by Crippen LogP contribution is -2.15. The van der Waals surface area contributed by atoms with Crippen molar-refractivity contribution in [2.24, 2.45) is 0 Å². The average Bonchev–Trinajstić information content (AvgIpc) is 2.54. The number of halogens is 1. The van der Waals surface area contributed by atoms with Crippen molar-refractivity contribution < 1.29 is 22.7 Å². The molecule has 0 unspecified atom stereocenters. The molecule has 1 N–H and O–H groups in total. The molecule has 25 heavy (non-hydrogen) atoms. The van der Waals surface area contributed by atoms with Crippen LogP contribution in [0.2, 0.25) is 5.02 Å². The maximum atomic E-state index is 12.5. The molecule has 2 aromatic carbocycles. The van der Waals surface area contributed by atoms with Crippen LogP contribution in [0.25, 0.3) is 0 Å². The van der Waals surface area contributed by atoms with Crippen LogP contribution in [0.15, 0.2) is 47.4 Å². The lowest BCUT2D eigenvalue weighted by atomic mass is 10.2. The largest absolute Gasteiger partial charge is 0.495 e. The molecule has 0 aliphatic carbocycles. The number of rotatable bonds is 6. The lowest BCUT2D eigenvalue weighted by Gasteiger charge is -2.14. The van der Waals surface area contributed by atoms with Gasteiger partial charge in [0, 0.05) is 5.02 Å². The molecular formula is C17H18ClNO5S. The second-order valence-electron chi connectivity index (χ2n) is 5.43. The zero-order valence-corrected chi connectivity index (χ0v) is 15.5. The highest BCUT2D eigenvalue weighted by molar-refractivity contribution is 7.92. The topological polar surface area (TPSA) is 81.7 Å². The van der Waals surface area contributed by atoms with Gasteiger partial charge in [-0.3, -0.25) is 4.72 Å². The number of hydrogen-bond donors (Lipinski definition) is 1. The summed E-state index contributed by atoms with van der Waals surface area (Å²) in [6, 6.07) is 10.1. The van der Waals surface area contributed by atoms with Crippen molar-refractivity contribution >= 4 is 33.3 Å². The standard InChI is InChI=1S/C17H18ClNO5S/c1-11(2)24-17(20)12-4-9-16(23-3)15(10-12)19-25(21,22)14-7-5-13(18)6-8-14/h4-11,19H,1-3H3. The molecule has 0 saturated heterocycles. The first-order chi connectivity index (χ1) is 11.7. The van der Waals surface area contributed by atoms with E-state index in [1.807, 2.05) is 0 Å². The molecule has 2 aromatic rings. The summed E-state index contributed by atoms with van der Waals surface area (Å²) in [5.41, 5.74) is 0.346. The average molecular weight is 384 g/mol. The molecule has 134 valence electrons. The van der Waals surface area contributed by atoms with E-state index in [4.69, 9.17) is 21.1 Å². The Hall–Kier alpha value is -2.25. The summed E-state index contributed by atoms with van der Waals surface area (Å²) in [7, 11) is -2.46. The predicted molar refractivity (Wildman–Crippen MR) is 95.8 cm³/mol. The second-order valence-corrected chi connectivity index (χ2v) is 7.55. The molecule has 8 heteroatoms. The molecule has 0 bridgehead atoms. The van der Waals surface area contributed by atoms with Crippen LogP contribution in [-0.2, 0) is 14.8 Å². The van der Waals surface area contributed by atoms with E-state index in [0.29, 0.717) is 5.02 Å². The van der Waals surface area contributed by atoms with E-state index in [1.54, 1.807) is 13.8 Å². The van der Waals surface area contributed by atoms with Crippen LogP contribution in [0.5, 0.6) is 5.75 Å². The van der Waals surface area contributed by atoms with E-state index >= 15 is 0 Å². The molecule has 6 nitrogen and oxygen atoms in total. The zero-order valence-electron chi connectivity index (χ0n) is 13.9. The normalized spacial score (nSPS) is 11.2. The minimum absolute atomic E-state index is 0.0362. The van der Waals surface area contributed by atoms with Crippen molar-refractivity contribution in [3.05, 3.63) is 53.1 Å². The Morgan fingerprint density at radius 1 is 1.12 bits per heavy atom. The van der Waals surface area contributed by atoms with Crippen molar-refractivity contribution in [3.8, 4) is 5.75 Å². The van der Waals surface area contributed by atoms with Gasteiger partial charge in [0.1, 0.15) is 5.75 Å². The molecule has 0 fully saturated rings. The van der Waals surface area contributed by atoms with Crippen molar-refractivity contribution in [2.45, 2.75) is 24.8 Å². The van der Waals surface area contributed by atoms with Crippen LogP contribution in [0, 0.1) is 0 Å². The maximum absolute atomic E-state index is 12.5. The Kier molecular flexibility index (Phi) is 5.92. The van der Waals surface area contributed by atoms with E-state index in [1.165, 1.54) is 49.6 Å². The quantitative estimate of drug-likeness (QED) is 0.769. The van der Waals surface area contributed by atoms with Gasteiger partial charge < -0.3 is 9.47 Å². The van der Waals surface area contributed by atoms with Gasteiger partial charge >= 0.3 is 5.97 Å². The van der Waals surface area contributed by atoms with Crippen molar-refractivity contribution in [1.82, 2.24) is 0 Å². The SMILES string of the molecule is COc1ccc(C(=O)OC(C)C)cc1NS(=O)(=O)c1ccc(Cl)cc1. The first-order valence-electron chi connectivity index (χ1n) is 7.40. The Morgan fingerprint density at radius 3 is 2.32 bits per heavy atom. The van der Waals surface area contributed by atoms with Crippen LogP contribution in [0.3, 0.4) is 0 Å². The number of carbonyl (C=O) groups excluding carboxylic acids is 1. The summed E-state index contributed by atoms with van der Waals surface area (Å²) >= 11 is 5.78. The van der Waals surface area contributed by atoms with E-state index in [9.17, 15) is 13.2 Å². The summed E-state index contributed by atoms with van der Waals surface area (Å²) < 4.78 is 37.7. The van der Waals surface area contributed by atoms with Crippen LogP contribution in [-0.4, -0.2) is 27.6 Å². The van der Waals surface area contributed by atoms with E-state index in [0.717, 1.165) is 0 Å². The third-order valence-electron chi connectivity index (χ3n) is 3.15. The Morgan fingerprint density at radius 2 is 1.76 bits per heavy atom. The van der Waals surface area contributed by atoms with E-state index in [2.05, 4.69) is 4.72 Å². The van der Waals surface area contributed by atoms with Gasteiger partial charge in [0.05, 0.1) is 29.4 Å². The molecule has 0 aromatic heterocycles. The number of nitrogens with one attached hydrogen (secondary N) is 1. The number of ether oxygens (including phenoxy) is 2. The van der Waals surface area contributed by atoms with Crippen molar-refractivity contribution in [1.29, 1.82) is 0 Å². The van der Waals surface area contributed by atoms with Crippen LogP contribution in [0.4, 0.5) is 5.69 Å². The first kappa shape index (κ1) is 19.1. The Labute approximate surface area is 151 Å². The van der Waals surface area contributed by atoms with Gasteiger partial charge in [0.15, 0.2) is 0 Å². The minimum Gasteiger partial charge on any atom is -0.495 e. The molecule has 0 atom stereocenters. The molecular weight excluding hydrogens is 366 g/mol. The van der Waals surface area contributed by atoms with Crippen molar-refractivity contribution in [3.63, 3.8) is 0 Å². The first-order valence-corrected chi connectivity index (χ1v) is 9.26. The minimum atomic E-state index is -3.87. The number of anilines is 1. The van der Waals surface area contributed by atoms with Gasteiger partial charge in [0.25, 0.3) is 10.0 Å². The van der Waals surface area contributed by atoms with Crippen LogP contribution in [0.1, 0.15) is 24.2 Å². The predicted octanol–water partition coefficient (Wildman–Crippen LogP) is 3.71. The van der Waals surface area contributed by atoms with E-state index < -0.39 is 16.0 Å². The molecule has 0 saturated carbocycles. The van der Waals surface area contributed by atoms with Gasteiger partial charge in [-0.05, 0) is 56.3 Å². The molecule has 0 heterocycles. The fraction of sp³-hybridized carbons (Fsp3) is 0.235. The van der Waals surface area contributed by atoms with Crippen LogP contribution < -0.4 is 9.46 Å². The summed E-state index contributed by atoms with van der Waals surface area (Å²) in [5, 5.41) is 0.426. The Balaban J connectivity index is 2.36. The summed E-state index contributed by atoms with van der Waals surface area (Å²) in [4.78, 5) is 12.1. The summed E-state index contributed by atoms with van der Waals surface area (Å²) in [5.74, 6) is -0.275. The number of methoxy groups -OCH3 is 1. The van der Waals surface area contributed by atoms with Crippen molar-refractivity contribution in [2.75, 3.05) is 11.8 Å². The number of sulfonamides is 1. The molecule has 0 aliphatic rings. The highest BCUT2D eigenvalue weighted by Gasteiger charge is 2.19. The fourth-order valence-electron chi connectivity index (χ4n) is 2.01. The third-order valence-corrected chi connectivity index (χ3v) is 4.78. The number of hydrogen-bond acceptors (Lipinski definition) is 5. The van der Waals surface area contributed by atoms with Gasteiger partial charge in [-0.15, -0.1) is 0 Å². The molecule has 2 rings (SSSR count). The van der Waals surface area contributed by atoms with Gasteiger partial charge in [-0.2, -0.15) is 0 Å². The maximum Gasteiger partial charge on any atom is 0.338 e. The van der Waals surface area contributed by atoms with Gasteiger partial charge in [-0.25, -0.2) is 13.2 Å². The third kappa shape index (κ3) is 4.87. The monoisotopic (exact) mass is 383 g/mol. The zero-order chi connectivity index (χ0) is 18.6. The van der Waals surface area contributed by atoms with Gasteiger partial charge in [-0.1, -0.05) is 11.6 Å². The molecule has 0 spiro atoms. The highest BCUT2D eigenvalue weighted by atomic mass is 35.5. The lowest BCUT2D eigenvalue weighted by molar-refractivity contribution is 0.0378. The van der Waals surface area contributed by atoms with Gasteiger partial charge in [0.2, 0.25) is 0 Å². The Bertz CT molecular complexity index is 863. The summed E-state index contributed by atoms with van der Waals surface area (Å²) in [6.45, 7) is 3.46. The number of carbonyl (C=O) groups is 1. The fourth-order valence-corrected chi connectivity index (χ4v) is 3.20. The van der Waals surface area contributed by atoms with Crippen LogP contribution >= 0.6 is 11.6 Å². The second kappa shape index (κ2) is 7.76. The summed E-state index contributed by atoms with van der Waals surface area (Å²) in [6.07, 6.45) is -0.288.